The number of carbonyl (C=O) groups excluding carboxylic acids is 1. The Morgan fingerprint density at radius 2 is 1.94 bits per heavy atom. The van der Waals surface area contributed by atoms with E-state index in [0.717, 1.165) is 25.2 Å². The van der Waals surface area contributed by atoms with Crippen molar-refractivity contribution in [1.29, 1.82) is 0 Å². The molecule has 0 bridgehead atoms. The molecule has 2 heterocycles. The Bertz CT molecular complexity index is 985. The van der Waals surface area contributed by atoms with Gasteiger partial charge in [-0.05, 0) is 48.7 Å². The maximum atomic E-state index is 14.9. The average molecular weight is 487 g/mol. The topological polar surface area (TPSA) is 47.6 Å². The van der Waals surface area contributed by atoms with E-state index < -0.39 is 5.41 Å². The number of rotatable bonds is 5. The summed E-state index contributed by atoms with van der Waals surface area (Å²) in [6, 6.07) is 13.7. The maximum Gasteiger partial charge on any atom is 0.228 e. The van der Waals surface area contributed by atoms with Crippen LogP contribution in [0.3, 0.4) is 0 Å². The van der Waals surface area contributed by atoms with Crippen molar-refractivity contribution < 1.29 is 9.18 Å². The van der Waals surface area contributed by atoms with E-state index in [1.54, 1.807) is 12.1 Å². The van der Waals surface area contributed by atoms with Crippen molar-refractivity contribution in [3.63, 3.8) is 0 Å². The standard InChI is InChI=1S/C27H36ClFN4O/c1-27(2,3)26(34)32-13-14-33(24-11-10-21(28)15-23(24)29)25(18-32)20-8-6-19(7-9-20)16-31-22-5-4-12-30-17-22/h6-11,15,22,25,30-31H,4-5,12-14,16-18H2,1-3H3/t22?,25-/m0/s1. The molecule has 2 aliphatic heterocycles. The molecular formula is C27H36ClFN4O. The summed E-state index contributed by atoms with van der Waals surface area (Å²) in [5.74, 6) is -0.217. The molecule has 1 amide bonds. The highest BCUT2D eigenvalue weighted by molar-refractivity contribution is 6.30. The van der Waals surface area contributed by atoms with Crippen LogP contribution in [-0.4, -0.2) is 49.6 Å². The predicted molar refractivity (Wildman–Crippen MR) is 137 cm³/mol. The van der Waals surface area contributed by atoms with E-state index in [4.69, 9.17) is 11.6 Å². The fourth-order valence-electron chi connectivity index (χ4n) is 4.88. The molecule has 2 atom stereocenters. The van der Waals surface area contributed by atoms with Gasteiger partial charge < -0.3 is 20.4 Å². The Kier molecular flexibility index (Phi) is 7.80. The number of anilines is 1. The van der Waals surface area contributed by atoms with Crippen LogP contribution in [0, 0.1) is 11.2 Å². The van der Waals surface area contributed by atoms with E-state index >= 15 is 0 Å². The Hall–Kier alpha value is -2.15. The van der Waals surface area contributed by atoms with Crippen LogP contribution in [0.2, 0.25) is 5.02 Å². The lowest BCUT2D eigenvalue weighted by Crippen LogP contribution is -2.53. The normalized spacial score (nSPS) is 21.6. The number of carbonyl (C=O) groups is 1. The molecule has 5 nitrogen and oxygen atoms in total. The molecule has 2 aromatic carbocycles. The summed E-state index contributed by atoms with van der Waals surface area (Å²) in [7, 11) is 0. The molecule has 2 fully saturated rings. The number of piperazine rings is 1. The van der Waals surface area contributed by atoms with E-state index in [0.29, 0.717) is 36.4 Å². The van der Waals surface area contributed by atoms with Gasteiger partial charge >= 0.3 is 0 Å². The van der Waals surface area contributed by atoms with Gasteiger partial charge in [0.15, 0.2) is 0 Å². The van der Waals surface area contributed by atoms with Gasteiger partial charge in [-0.2, -0.15) is 0 Å². The lowest BCUT2D eigenvalue weighted by atomic mass is 9.92. The second-order valence-corrected chi connectivity index (χ2v) is 10.9. The van der Waals surface area contributed by atoms with Crippen LogP contribution in [0.25, 0.3) is 0 Å². The quantitative estimate of drug-likeness (QED) is 0.640. The minimum absolute atomic E-state index is 0.121. The molecule has 2 aliphatic rings. The van der Waals surface area contributed by atoms with E-state index in [1.165, 1.54) is 24.5 Å². The molecule has 0 aliphatic carbocycles. The molecule has 184 valence electrons. The summed E-state index contributed by atoms with van der Waals surface area (Å²) in [4.78, 5) is 17.0. The van der Waals surface area contributed by atoms with Crippen molar-refractivity contribution in [2.45, 2.75) is 52.2 Å². The fraction of sp³-hybridized carbons (Fsp3) is 0.519. The summed E-state index contributed by atoms with van der Waals surface area (Å²) in [6.45, 7) is 10.4. The number of amides is 1. The number of benzene rings is 2. The molecule has 0 radical (unpaired) electrons. The zero-order chi connectivity index (χ0) is 24.3. The van der Waals surface area contributed by atoms with Gasteiger partial charge in [0.2, 0.25) is 5.91 Å². The number of halogens is 2. The Balaban J connectivity index is 1.55. The molecule has 2 N–H and O–H groups in total. The first-order chi connectivity index (χ1) is 16.2. The molecule has 0 saturated carbocycles. The Morgan fingerprint density at radius 1 is 1.18 bits per heavy atom. The Morgan fingerprint density at radius 3 is 2.59 bits per heavy atom. The van der Waals surface area contributed by atoms with Crippen LogP contribution in [0.4, 0.5) is 10.1 Å². The predicted octanol–water partition coefficient (Wildman–Crippen LogP) is 4.76. The highest BCUT2D eigenvalue weighted by Crippen LogP contribution is 2.35. The number of nitrogens with zero attached hydrogens (tertiary/aromatic N) is 2. The summed E-state index contributed by atoms with van der Waals surface area (Å²) in [6.07, 6.45) is 2.41. The van der Waals surface area contributed by atoms with Crippen LogP contribution in [0.15, 0.2) is 42.5 Å². The molecule has 0 spiro atoms. The van der Waals surface area contributed by atoms with Gasteiger partial charge in [-0.25, -0.2) is 4.39 Å². The minimum Gasteiger partial charge on any atom is -0.359 e. The molecule has 34 heavy (non-hydrogen) atoms. The number of piperidine rings is 1. The third kappa shape index (κ3) is 5.91. The third-order valence-corrected chi connectivity index (χ3v) is 7.02. The van der Waals surface area contributed by atoms with Crippen LogP contribution >= 0.6 is 11.6 Å². The largest absolute Gasteiger partial charge is 0.359 e. The SMILES string of the molecule is CC(C)(C)C(=O)N1CCN(c2ccc(Cl)cc2F)[C@H](c2ccc(CNC3CCCNC3)cc2)C1. The van der Waals surface area contributed by atoms with Crippen molar-refractivity contribution in [3.8, 4) is 0 Å². The van der Waals surface area contributed by atoms with E-state index in [2.05, 4.69) is 39.8 Å². The first kappa shape index (κ1) is 25.0. The lowest BCUT2D eigenvalue weighted by molar-refractivity contribution is -0.140. The zero-order valence-electron chi connectivity index (χ0n) is 20.4. The third-order valence-electron chi connectivity index (χ3n) is 6.78. The minimum atomic E-state index is -0.457. The van der Waals surface area contributed by atoms with Crippen molar-refractivity contribution in [3.05, 3.63) is 64.4 Å². The molecule has 2 saturated heterocycles. The summed E-state index contributed by atoms with van der Waals surface area (Å²) >= 11 is 6.01. The molecule has 4 rings (SSSR count). The average Bonchev–Trinajstić information content (AvgIpc) is 2.82. The van der Waals surface area contributed by atoms with Gasteiger partial charge in [0.25, 0.3) is 0 Å². The molecule has 0 aromatic heterocycles. The summed E-state index contributed by atoms with van der Waals surface area (Å²) in [5.41, 5.74) is 2.36. The highest BCUT2D eigenvalue weighted by Gasteiger charge is 2.35. The van der Waals surface area contributed by atoms with Gasteiger partial charge in [-0.3, -0.25) is 4.79 Å². The number of hydrogen-bond donors (Lipinski definition) is 2. The monoisotopic (exact) mass is 486 g/mol. The first-order valence-corrected chi connectivity index (χ1v) is 12.6. The molecule has 7 heteroatoms. The highest BCUT2D eigenvalue weighted by atomic mass is 35.5. The van der Waals surface area contributed by atoms with Crippen molar-refractivity contribution in [2.24, 2.45) is 5.41 Å². The summed E-state index contributed by atoms with van der Waals surface area (Å²) in [5, 5.41) is 7.45. The van der Waals surface area contributed by atoms with Gasteiger partial charge in [0, 0.05) is 49.2 Å². The smallest absolute Gasteiger partial charge is 0.228 e. The zero-order valence-corrected chi connectivity index (χ0v) is 21.2. The van der Waals surface area contributed by atoms with Crippen molar-refractivity contribution in [2.75, 3.05) is 37.6 Å². The van der Waals surface area contributed by atoms with Crippen LogP contribution in [0.5, 0.6) is 0 Å². The molecular weight excluding hydrogens is 451 g/mol. The van der Waals surface area contributed by atoms with Gasteiger partial charge in [0.1, 0.15) is 5.82 Å². The van der Waals surface area contributed by atoms with Gasteiger partial charge in [0.05, 0.1) is 11.7 Å². The van der Waals surface area contributed by atoms with Crippen LogP contribution in [0.1, 0.15) is 50.8 Å². The van der Waals surface area contributed by atoms with Crippen molar-refractivity contribution in [1.82, 2.24) is 15.5 Å². The molecule has 1 unspecified atom stereocenters. The molecule has 2 aromatic rings. The van der Waals surface area contributed by atoms with Gasteiger partial charge in [-0.1, -0.05) is 56.6 Å². The second-order valence-electron chi connectivity index (χ2n) is 10.5. The lowest BCUT2D eigenvalue weighted by Gasteiger charge is -2.44. The van der Waals surface area contributed by atoms with Crippen LogP contribution in [-0.2, 0) is 11.3 Å². The van der Waals surface area contributed by atoms with E-state index in [1.807, 2.05) is 25.7 Å². The van der Waals surface area contributed by atoms with Crippen LogP contribution < -0.4 is 15.5 Å². The van der Waals surface area contributed by atoms with E-state index in [9.17, 15) is 9.18 Å². The maximum absolute atomic E-state index is 14.9. The fourth-order valence-corrected chi connectivity index (χ4v) is 5.03. The first-order valence-electron chi connectivity index (χ1n) is 12.3. The Labute approximate surface area is 207 Å². The second kappa shape index (κ2) is 10.6. The summed E-state index contributed by atoms with van der Waals surface area (Å²) < 4.78 is 14.9. The number of hydrogen-bond acceptors (Lipinski definition) is 4. The van der Waals surface area contributed by atoms with E-state index in [-0.39, 0.29) is 17.8 Å². The van der Waals surface area contributed by atoms with Gasteiger partial charge in [-0.15, -0.1) is 0 Å². The van der Waals surface area contributed by atoms with Crippen molar-refractivity contribution >= 4 is 23.2 Å². The number of nitrogens with one attached hydrogen (secondary N) is 2.